The van der Waals surface area contributed by atoms with Gasteiger partial charge in [-0.1, -0.05) is 6.07 Å². The molecule has 8 nitrogen and oxygen atoms in total. The van der Waals surface area contributed by atoms with Crippen molar-refractivity contribution in [3.05, 3.63) is 48.0 Å². The first-order valence-electron chi connectivity index (χ1n) is 8.96. The molecule has 154 valence electrons. The van der Waals surface area contributed by atoms with Crippen LogP contribution in [0.3, 0.4) is 0 Å². The Kier molecular flexibility index (Phi) is 7.99. The zero-order valence-electron chi connectivity index (χ0n) is 15.6. The van der Waals surface area contributed by atoms with E-state index in [1.54, 1.807) is 11.1 Å². The predicted octanol–water partition coefficient (Wildman–Crippen LogP) is 1.79. The maximum absolute atomic E-state index is 13.2. The van der Waals surface area contributed by atoms with Gasteiger partial charge in [0.05, 0.1) is 12.2 Å². The second kappa shape index (κ2) is 10.0. The van der Waals surface area contributed by atoms with E-state index in [-0.39, 0.29) is 35.2 Å². The molecular weight excluding hydrogens is 404 g/mol. The Hall–Kier alpha value is -1.94. The van der Waals surface area contributed by atoms with Gasteiger partial charge in [-0.15, -0.1) is 12.4 Å². The van der Waals surface area contributed by atoms with Crippen LogP contribution in [0.2, 0.25) is 0 Å². The summed E-state index contributed by atoms with van der Waals surface area (Å²) in [5.41, 5.74) is 0.776. The molecule has 10 heteroatoms. The topological polar surface area (TPSA) is 105 Å². The molecule has 3 heterocycles. The molecule has 1 atom stereocenters. The number of nitrogens with zero attached hydrogens (tertiary/aromatic N) is 2. The summed E-state index contributed by atoms with van der Waals surface area (Å²) in [6.07, 6.45) is 4.35. The van der Waals surface area contributed by atoms with Gasteiger partial charge in [-0.25, -0.2) is 13.1 Å². The molecule has 1 saturated heterocycles. The Morgan fingerprint density at radius 1 is 1.29 bits per heavy atom. The predicted molar refractivity (Wildman–Crippen MR) is 107 cm³/mol. The summed E-state index contributed by atoms with van der Waals surface area (Å²) in [6.45, 7) is 2.10. The van der Waals surface area contributed by atoms with E-state index < -0.39 is 10.0 Å². The number of halogens is 1. The summed E-state index contributed by atoms with van der Waals surface area (Å²) in [6, 6.07) is 8.31. The van der Waals surface area contributed by atoms with Crippen LogP contribution in [0.4, 0.5) is 0 Å². The fourth-order valence-electron chi connectivity index (χ4n) is 3.17. The van der Waals surface area contributed by atoms with E-state index in [0.29, 0.717) is 6.54 Å². The highest BCUT2D eigenvalue weighted by molar-refractivity contribution is 7.89. The van der Waals surface area contributed by atoms with Crippen LogP contribution in [-0.4, -0.2) is 50.4 Å². The van der Waals surface area contributed by atoms with E-state index in [1.165, 1.54) is 19.2 Å². The summed E-state index contributed by atoms with van der Waals surface area (Å²) >= 11 is 0. The van der Waals surface area contributed by atoms with Gasteiger partial charge in [0.25, 0.3) is 15.9 Å². The number of pyridine rings is 1. The van der Waals surface area contributed by atoms with Crippen LogP contribution in [0.25, 0.3) is 0 Å². The maximum Gasteiger partial charge on any atom is 0.290 e. The van der Waals surface area contributed by atoms with Crippen molar-refractivity contribution >= 4 is 28.3 Å². The summed E-state index contributed by atoms with van der Waals surface area (Å²) in [5, 5.41) is 3.07. The molecule has 0 aromatic carbocycles. The van der Waals surface area contributed by atoms with Crippen molar-refractivity contribution in [3.63, 3.8) is 0 Å². The van der Waals surface area contributed by atoms with E-state index in [2.05, 4.69) is 15.0 Å². The van der Waals surface area contributed by atoms with Crippen LogP contribution in [0.15, 0.2) is 46.0 Å². The van der Waals surface area contributed by atoms with Gasteiger partial charge in [0.1, 0.15) is 0 Å². The van der Waals surface area contributed by atoms with Crippen LogP contribution >= 0.6 is 12.4 Å². The van der Waals surface area contributed by atoms with Gasteiger partial charge in [-0.2, -0.15) is 0 Å². The highest BCUT2D eigenvalue weighted by Gasteiger charge is 2.29. The van der Waals surface area contributed by atoms with Crippen molar-refractivity contribution < 1.29 is 17.6 Å². The second-order valence-electron chi connectivity index (χ2n) is 6.42. The lowest BCUT2D eigenvalue weighted by Gasteiger charge is -2.30. The SMILES string of the molecule is CNS(=O)(=O)c1ccc(C(=O)N(Cc2ccccn2)C2CCCNCC2)o1.Cl. The number of sulfonamides is 1. The average molecular weight is 429 g/mol. The highest BCUT2D eigenvalue weighted by atomic mass is 35.5. The van der Waals surface area contributed by atoms with Crippen LogP contribution in [0.1, 0.15) is 35.5 Å². The van der Waals surface area contributed by atoms with E-state index in [4.69, 9.17) is 4.42 Å². The molecule has 1 unspecified atom stereocenters. The zero-order chi connectivity index (χ0) is 19.3. The third-order valence-electron chi connectivity index (χ3n) is 4.63. The molecule has 1 fully saturated rings. The number of nitrogens with one attached hydrogen (secondary N) is 2. The number of amides is 1. The first-order chi connectivity index (χ1) is 13.0. The largest absolute Gasteiger partial charge is 0.438 e. The van der Waals surface area contributed by atoms with Crippen molar-refractivity contribution in [3.8, 4) is 0 Å². The monoisotopic (exact) mass is 428 g/mol. The van der Waals surface area contributed by atoms with E-state index in [0.717, 1.165) is 38.0 Å². The first kappa shape index (κ1) is 22.4. The van der Waals surface area contributed by atoms with E-state index in [1.807, 2.05) is 18.2 Å². The van der Waals surface area contributed by atoms with Crippen molar-refractivity contribution in [2.24, 2.45) is 0 Å². The van der Waals surface area contributed by atoms with Gasteiger partial charge in [0.15, 0.2) is 5.76 Å². The van der Waals surface area contributed by atoms with Crippen LogP contribution < -0.4 is 10.0 Å². The van der Waals surface area contributed by atoms with Crippen LogP contribution in [0, 0.1) is 0 Å². The summed E-state index contributed by atoms with van der Waals surface area (Å²) in [7, 11) is -2.44. The standard InChI is InChI=1S/C18H24N4O4S.ClH/c1-19-27(24,25)17-8-7-16(26-17)18(23)22(13-14-5-2-3-11-21-14)15-6-4-10-20-12-9-15;/h2-3,5,7-8,11,15,19-20H,4,6,9-10,12-13H2,1H3;1H. The number of hydrogen-bond acceptors (Lipinski definition) is 6. The number of carbonyl (C=O) groups is 1. The third kappa shape index (κ3) is 5.32. The van der Waals surface area contributed by atoms with Crippen LogP contribution in [-0.2, 0) is 16.6 Å². The van der Waals surface area contributed by atoms with Crippen LogP contribution in [0.5, 0.6) is 0 Å². The minimum atomic E-state index is -3.74. The number of rotatable bonds is 6. The van der Waals surface area contributed by atoms with Gasteiger partial charge >= 0.3 is 0 Å². The van der Waals surface area contributed by atoms with Crippen molar-refractivity contribution in [2.45, 2.75) is 36.9 Å². The normalized spacial score (nSPS) is 17.4. The summed E-state index contributed by atoms with van der Waals surface area (Å²) < 4.78 is 31.3. The Morgan fingerprint density at radius 3 is 2.82 bits per heavy atom. The molecule has 0 bridgehead atoms. The van der Waals surface area contributed by atoms with Gasteiger partial charge in [-0.3, -0.25) is 9.78 Å². The Balaban J connectivity index is 0.00000280. The zero-order valence-corrected chi connectivity index (χ0v) is 17.3. The van der Waals surface area contributed by atoms with E-state index >= 15 is 0 Å². The summed E-state index contributed by atoms with van der Waals surface area (Å²) in [5.74, 6) is -0.318. The molecule has 0 aliphatic carbocycles. The lowest BCUT2D eigenvalue weighted by Crippen LogP contribution is -2.40. The molecule has 28 heavy (non-hydrogen) atoms. The summed E-state index contributed by atoms with van der Waals surface area (Å²) in [4.78, 5) is 19.2. The van der Waals surface area contributed by atoms with Crippen molar-refractivity contribution in [1.29, 1.82) is 0 Å². The molecule has 1 aliphatic heterocycles. The number of hydrogen-bond donors (Lipinski definition) is 2. The number of furan rings is 1. The molecule has 2 N–H and O–H groups in total. The molecule has 0 saturated carbocycles. The smallest absolute Gasteiger partial charge is 0.290 e. The fraction of sp³-hybridized carbons (Fsp3) is 0.444. The third-order valence-corrected chi connectivity index (χ3v) is 5.92. The highest BCUT2D eigenvalue weighted by Crippen LogP contribution is 2.22. The Morgan fingerprint density at radius 2 is 2.11 bits per heavy atom. The molecule has 2 aromatic heterocycles. The quantitative estimate of drug-likeness (QED) is 0.726. The minimum absolute atomic E-state index is 0. The van der Waals surface area contributed by atoms with Gasteiger partial charge in [-0.05, 0) is 63.7 Å². The van der Waals surface area contributed by atoms with Gasteiger partial charge < -0.3 is 14.6 Å². The molecule has 1 amide bonds. The molecule has 2 aromatic rings. The number of carbonyl (C=O) groups excluding carboxylic acids is 1. The average Bonchev–Trinajstić information content (AvgIpc) is 3.04. The van der Waals surface area contributed by atoms with Crippen molar-refractivity contribution in [2.75, 3.05) is 20.1 Å². The molecule has 1 aliphatic rings. The van der Waals surface area contributed by atoms with Gasteiger partial charge in [0, 0.05) is 12.2 Å². The second-order valence-corrected chi connectivity index (χ2v) is 8.23. The molecule has 3 rings (SSSR count). The molecule has 0 spiro atoms. The lowest BCUT2D eigenvalue weighted by atomic mass is 10.1. The van der Waals surface area contributed by atoms with E-state index in [9.17, 15) is 13.2 Å². The fourth-order valence-corrected chi connectivity index (χ4v) is 3.81. The molecule has 0 radical (unpaired) electrons. The minimum Gasteiger partial charge on any atom is -0.438 e. The maximum atomic E-state index is 13.2. The number of aromatic nitrogens is 1. The van der Waals surface area contributed by atoms with Gasteiger partial charge in [0.2, 0.25) is 5.09 Å². The Labute approximate surface area is 171 Å². The Bertz CT molecular complexity index is 865. The molecular formula is C18H25ClN4O4S. The van der Waals surface area contributed by atoms with Crippen molar-refractivity contribution in [1.82, 2.24) is 19.9 Å². The lowest BCUT2D eigenvalue weighted by molar-refractivity contribution is 0.0604. The first-order valence-corrected chi connectivity index (χ1v) is 10.4.